The molecule has 2 bridgehead atoms. The highest BCUT2D eigenvalue weighted by Crippen LogP contribution is 2.14. The Morgan fingerprint density at radius 1 is 0.818 bits per heavy atom. The second-order valence-electron chi connectivity index (χ2n) is 3.86. The largest absolute Gasteiger partial charge is 0.314 e. The Kier molecular flexibility index (Phi) is 2.44. The molecule has 2 saturated heterocycles. The summed E-state index contributed by atoms with van der Waals surface area (Å²) >= 11 is 0. The second kappa shape index (κ2) is 3.55. The molecule has 2 heterocycles. The highest BCUT2D eigenvalue weighted by atomic mass is 15.1. The van der Waals surface area contributed by atoms with Gasteiger partial charge in [0.2, 0.25) is 0 Å². The molecule has 0 aromatic rings. The van der Waals surface area contributed by atoms with Gasteiger partial charge in [-0.05, 0) is 12.8 Å². The summed E-state index contributed by atoms with van der Waals surface area (Å²) in [5.74, 6) is 0. The minimum atomic E-state index is 0.772. The Balaban J connectivity index is 1.90. The van der Waals surface area contributed by atoms with E-state index >= 15 is 0 Å². The summed E-state index contributed by atoms with van der Waals surface area (Å²) in [5, 5.41) is 7.18. The summed E-state index contributed by atoms with van der Waals surface area (Å²) < 4.78 is 0. The van der Waals surface area contributed by atoms with Crippen molar-refractivity contribution in [1.29, 1.82) is 0 Å². The summed E-state index contributed by atoms with van der Waals surface area (Å²) in [7, 11) is 0. The van der Waals surface area contributed by atoms with Crippen molar-refractivity contribution in [2.24, 2.45) is 0 Å². The van der Waals surface area contributed by atoms with Crippen molar-refractivity contribution in [2.75, 3.05) is 13.1 Å². The van der Waals surface area contributed by atoms with Gasteiger partial charge in [-0.25, -0.2) is 0 Å². The minimum absolute atomic E-state index is 0.772. The average Bonchev–Trinajstić information content (AvgIpc) is 2.02. The van der Waals surface area contributed by atoms with Crippen LogP contribution in [-0.4, -0.2) is 25.2 Å². The van der Waals surface area contributed by atoms with E-state index in [9.17, 15) is 0 Å². The van der Waals surface area contributed by atoms with Gasteiger partial charge in [-0.2, -0.15) is 0 Å². The maximum Gasteiger partial charge on any atom is 0.0195 e. The Bertz CT molecular complexity index is 113. The zero-order chi connectivity index (χ0) is 7.52. The molecule has 2 heteroatoms. The van der Waals surface area contributed by atoms with Gasteiger partial charge in [0.25, 0.3) is 0 Å². The first-order valence-corrected chi connectivity index (χ1v) is 4.92. The van der Waals surface area contributed by atoms with Gasteiger partial charge in [0, 0.05) is 25.2 Å². The smallest absolute Gasteiger partial charge is 0.0195 e. The molecule has 2 fully saturated rings. The topological polar surface area (TPSA) is 24.1 Å². The zero-order valence-corrected chi connectivity index (χ0v) is 7.10. The summed E-state index contributed by atoms with van der Waals surface area (Å²) in [6.45, 7) is 2.38. The quantitative estimate of drug-likeness (QED) is 0.541. The lowest BCUT2D eigenvalue weighted by Gasteiger charge is -2.33. The molecule has 0 radical (unpaired) electrons. The number of hydrogen-bond acceptors (Lipinski definition) is 2. The van der Waals surface area contributed by atoms with Crippen molar-refractivity contribution in [1.82, 2.24) is 10.6 Å². The molecule has 0 saturated carbocycles. The van der Waals surface area contributed by atoms with Crippen molar-refractivity contribution in [3.63, 3.8) is 0 Å². The zero-order valence-electron chi connectivity index (χ0n) is 7.10. The summed E-state index contributed by atoms with van der Waals surface area (Å²) in [4.78, 5) is 0. The van der Waals surface area contributed by atoms with E-state index in [1.807, 2.05) is 0 Å². The number of rotatable bonds is 0. The van der Waals surface area contributed by atoms with Gasteiger partial charge in [0.15, 0.2) is 0 Å². The van der Waals surface area contributed by atoms with Crippen LogP contribution in [0.1, 0.15) is 32.1 Å². The number of hydrogen-bond donors (Lipinski definition) is 2. The van der Waals surface area contributed by atoms with Crippen molar-refractivity contribution in [3.8, 4) is 0 Å². The van der Waals surface area contributed by atoms with E-state index in [4.69, 9.17) is 0 Å². The molecule has 2 unspecified atom stereocenters. The lowest BCUT2D eigenvalue weighted by atomic mass is 9.97. The van der Waals surface area contributed by atoms with Gasteiger partial charge in [0.05, 0.1) is 0 Å². The molecule has 64 valence electrons. The predicted molar refractivity (Wildman–Crippen MR) is 46.7 cm³/mol. The molecule has 2 rings (SSSR count). The van der Waals surface area contributed by atoms with Gasteiger partial charge in [-0.3, -0.25) is 0 Å². The predicted octanol–water partition coefficient (Wildman–Crippen LogP) is 0.880. The average molecular weight is 154 g/mol. The van der Waals surface area contributed by atoms with E-state index in [1.54, 1.807) is 0 Å². The van der Waals surface area contributed by atoms with Gasteiger partial charge in [0.1, 0.15) is 0 Å². The van der Waals surface area contributed by atoms with Crippen LogP contribution in [-0.2, 0) is 0 Å². The normalized spacial score (nSPS) is 39.3. The maximum atomic E-state index is 3.69. The molecule has 2 nitrogen and oxygen atoms in total. The Labute approximate surface area is 68.7 Å². The lowest BCUT2D eigenvalue weighted by molar-refractivity contribution is 0.283. The van der Waals surface area contributed by atoms with Crippen LogP contribution in [0.4, 0.5) is 0 Å². The van der Waals surface area contributed by atoms with Crippen LogP contribution in [0.2, 0.25) is 0 Å². The van der Waals surface area contributed by atoms with E-state index in [0.29, 0.717) is 0 Å². The Morgan fingerprint density at radius 2 is 1.45 bits per heavy atom. The molecule has 0 aromatic carbocycles. The molecule has 11 heavy (non-hydrogen) atoms. The van der Waals surface area contributed by atoms with Gasteiger partial charge in [-0.1, -0.05) is 19.3 Å². The van der Waals surface area contributed by atoms with E-state index < -0.39 is 0 Å². The monoisotopic (exact) mass is 154 g/mol. The molecule has 0 aliphatic carbocycles. The third kappa shape index (κ3) is 1.94. The molecule has 0 spiro atoms. The first-order valence-electron chi connectivity index (χ1n) is 4.92. The summed E-state index contributed by atoms with van der Waals surface area (Å²) in [6.07, 6.45) is 7.06. The van der Waals surface area contributed by atoms with Crippen molar-refractivity contribution >= 4 is 0 Å². The highest BCUT2D eigenvalue weighted by molar-refractivity contribution is 4.84. The fraction of sp³-hybridized carbons (Fsp3) is 1.00. The van der Waals surface area contributed by atoms with Crippen molar-refractivity contribution in [2.45, 2.75) is 44.2 Å². The van der Waals surface area contributed by atoms with E-state index in [1.165, 1.54) is 45.2 Å². The molecule has 2 aliphatic rings. The standard InChI is InChI=1S/C9H18N2/c1-2-4-8-6-10-7-9(11-8)5-3-1/h8-11H,1-7H2. The lowest BCUT2D eigenvalue weighted by Crippen LogP contribution is -2.55. The van der Waals surface area contributed by atoms with Crippen LogP contribution >= 0.6 is 0 Å². The number of piperazine rings is 1. The summed E-state index contributed by atoms with van der Waals surface area (Å²) in [6, 6.07) is 1.54. The number of nitrogens with one attached hydrogen (secondary N) is 2. The second-order valence-corrected chi connectivity index (χ2v) is 3.86. The van der Waals surface area contributed by atoms with Crippen LogP contribution in [0.3, 0.4) is 0 Å². The van der Waals surface area contributed by atoms with E-state index in [2.05, 4.69) is 10.6 Å². The van der Waals surface area contributed by atoms with Gasteiger partial charge >= 0.3 is 0 Å². The van der Waals surface area contributed by atoms with Crippen LogP contribution < -0.4 is 10.6 Å². The third-order valence-corrected chi connectivity index (χ3v) is 2.86. The molecular weight excluding hydrogens is 136 g/mol. The SMILES string of the molecule is C1CCC2CNCC(CC1)N2. The van der Waals surface area contributed by atoms with Gasteiger partial charge < -0.3 is 10.6 Å². The van der Waals surface area contributed by atoms with E-state index in [0.717, 1.165) is 12.1 Å². The van der Waals surface area contributed by atoms with Crippen LogP contribution in [0.15, 0.2) is 0 Å². The minimum Gasteiger partial charge on any atom is -0.314 e. The Morgan fingerprint density at radius 3 is 2.09 bits per heavy atom. The molecule has 0 amide bonds. The molecule has 2 N–H and O–H groups in total. The van der Waals surface area contributed by atoms with E-state index in [-0.39, 0.29) is 0 Å². The number of fused-ring (bicyclic) bond motifs is 2. The summed E-state index contributed by atoms with van der Waals surface area (Å²) in [5.41, 5.74) is 0. The van der Waals surface area contributed by atoms with Crippen LogP contribution in [0, 0.1) is 0 Å². The third-order valence-electron chi connectivity index (χ3n) is 2.86. The molecular formula is C9H18N2. The fourth-order valence-corrected chi connectivity index (χ4v) is 2.21. The first kappa shape index (κ1) is 7.56. The first-order chi connectivity index (χ1) is 5.45. The fourth-order valence-electron chi connectivity index (χ4n) is 2.21. The molecule has 0 aromatic heterocycles. The van der Waals surface area contributed by atoms with Crippen molar-refractivity contribution in [3.05, 3.63) is 0 Å². The van der Waals surface area contributed by atoms with Crippen molar-refractivity contribution < 1.29 is 0 Å². The highest BCUT2D eigenvalue weighted by Gasteiger charge is 2.21. The maximum absolute atomic E-state index is 3.69. The molecule has 2 atom stereocenters. The van der Waals surface area contributed by atoms with Crippen LogP contribution in [0.5, 0.6) is 0 Å². The Hall–Kier alpha value is -0.0800. The van der Waals surface area contributed by atoms with Crippen LogP contribution in [0.25, 0.3) is 0 Å². The molecule has 2 aliphatic heterocycles. The van der Waals surface area contributed by atoms with Gasteiger partial charge in [-0.15, -0.1) is 0 Å².